The van der Waals surface area contributed by atoms with Gasteiger partial charge in [0.05, 0.1) is 5.56 Å². The first-order chi connectivity index (χ1) is 27.8. The van der Waals surface area contributed by atoms with Gasteiger partial charge in [-0.2, -0.15) is 0 Å². The van der Waals surface area contributed by atoms with Gasteiger partial charge in [0.15, 0.2) is 17.5 Å². The molecule has 0 spiro atoms. The minimum absolute atomic E-state index is 0.541. The van der Waals surface area contributed by atoms with E-state index in [1.54, 1.807) is 0 Å². The van der Waals surface area contributed by atoms with Crippen LogP contribution in [0.1, 0.15) is 0 Å². The van der Waals surface area contributed by atoms with E-state index < -0.39 is 0 Å². The monoisotopic (exact) mass is 717 g/mol. The normalized spacial score (nSPS) is 11.6. The van der Waals surface area contributed by atoms with E-state index in [-0.39, 0.29) is 0 Å². The highest BCUT2D eigenvalue weighted by molar-refractivity contribution is 6.19. The molecule has 56 heavy (non-hydrogen) atoms. The molecule has 0 amide bonds. The lowest BCUT2D eigenvalue weighted by Gasteiger charge is -2.09. The van der Waals surface area contributed by atoms with Crippen LogP contribution < -0.4 is 0 Å². The number of para-hydroxylation sites is 3. The van der Waals surface area contributed by atoms with Crippen molar-refractivity contribution in [3.63, 3.8) is 0 Å². The molecule has 8 aromatic carbocycles. The molecular formula is C51H31N3O2. The minimum Gasteiger partial charge on any atom is -0.455 e. The first kappa shape index (κ1) is 31.9. The maximum atomic E-state index is 6.98. The van der Waals surface area contributed by atoms with Crippen molar-refractivity contribution in [2.45, 2.75) is 0 Å². The molecule has 0 N–H and O–H groups in total. The summed E-state index contributed by atoms with van der Waals surface area (Å²) < 4.78 is 13.7. The summed E-state index contributed by atoms with van der Waals surface area (Å²) in [4.78, 5) is 15.2. The lowest BCUT2D eigenvalue weighted by Crippen LogP contribution is -2.00. The van der Waals surface area contributed by atoms with E-state index >= 15 is 0 Å². The Morgan fingerprint density at radius 2 is 0.732 bits per heavy atom. The quantitative estimate of drug-likeness (QED) is 0.171. The first-order valence-electron chi connectivity index (χ1n) is 18.7. The third kappa shape index (κ3) is 5.29. The molecule has 0 aliphatic rings. The molecule has 5 nitrogen and oxygen atoms in total. The zero-order valence-electron chi connectivity index (χ0n) is 30.1. The van der Waals surface area contributed by atoms with Gasteiger partial charge in [-0.1, -0.05) is 170 Å². The summed E-state index contributed by atoms with van der Waals surface area (Å²) in [5.74, 6) is 1.73. The summed E-state index contributed by atoms with van der Waals surface area (Å²) in [7, 11) is 0. The molecular weight excluding hydrogens is 687 g/mol. The average molecular weight is 718 g/mol. The number of fused-ring (bicyclic) bond motifs is 6. The van der Waals surface area contributed by atoms with Crippen LogP contribution in [0.25, 0.3) is 111 Å². The Morgan fingerprint density at radius 1 is 0.268 bits per heavy atom. The Balaban J connectivity index is 1.10. The van der Waals surface area contributed by atoms with E-state index in [4.69, 9.17) is 23.8 Å². The second-order valence-electron chi connectivity index (χ2n) is 13.9. The van der Waals surface area contributed by atoms with E-state index in [0.29, 0.717) is 23.1 Å². The van der Waals surface area contributed by atoms with Gasteiger partial charge in [-0.15, -0.1) is 0 Å². The molecule has 0 aliphatic heterocycles. The van der Waals surface area contributed by atoms with Crippen molar-refractivity contribution in [1.29, 1.82) is 0 Å². The number of aromatic nitrogens is 3. The fourth-order valence-corrected chi connectivity index (χ4v) is 7.89. The highest BCUT2D eigenvalue weighted by atomic mass is 16.3. The number of hydrogen-bond acceptors (Lipinski definition) is 5. The van der Waals surface area contributed by atoms with Gasteiger partial charge in [0.1, 0.15) is 22.3 Å². The van der Waals surface area contributed by atoms with Gasteiger partial charge in [-0.05, 0) is 40.5 Å². The number of nitrogens with zero attached hydrogens (tertiary/aromatic N) is 3. The van der Waals surface area contributed by atoms with Crippen LogP contribution in [0.5, 0.6) is 0 Å². The molecule has 0 bridgehead atoms. The zero-order chi connectivity index (χ0) is 37.0. The maximum absolute atomic E-state index is 6.98. The van der Waals surface area contributed by atoms with E-state index in [1.807, 2.05) is 66.7 Å². The Morgan fingerprint density at radius 3 is 1.43 bits per heavy atom. The van der Waals surface area contributed by atoms with Crippen LogP contribution in [-0.2, 0) is 0 Å². The maximum Gasteiger partial charge on any atom is 0.167 e. The lowest BCUT2D eigenvalue weighted by atomic mass is 9.94. The lowest BCUT2D eigenvalue weighted by molar-refractivity contribution is 0.665. The second-order valence-corrected chi connectivity index (χ2v) is 13.9. The van der Waals surface area contributed by atoms with Crippen molar-refractivity contribution in [3.05, 3.63) is 188 Å². The van der Waals surface area contributed by atoms with E-state index in [9.17, 15) is 0 Å². The van der Waals surface area contributed by atoms with Crippen molar-refractivity contribution in [1.82, 2.24) is 15.0 Å². The molecule has 3 heterocycles. The molecule has 11 rings (SSSR count). The molecule has 0 unspecified atom stereocenters. The predicted molar refractivity (Wildman–Crippen MR) is 227 cm³/mol. The van der Waals surface area contributed by atoms with Crippen LogP contribution in [0, 0.1) is 0 Å². The minimum atomic E-state index is 0.541. The van der Waals surface area contributed by atoms with E-state index in [1.165, 1.54) is 0 Å². The molecule has 0 saturated heterocycles. The van der Waals surface area contributed by atoms with Crippen LogP contribution in [-0.4, -0.2) is 15.0 Å². The number of rotatable bonds is 6. The van der Waals surface area contributed by atoms with Crippen LogP contribution >= 0.6 is 0 Å². The van der Waals surface area contributed by atoms with Crippen LogP contribution in [0.15, 0.2) is 197 Å². The molecule has 262 valence electrons. The summed E-state index contributed by atoms with van der Waals surface area (Å²) in [6.07, 6.45) is 0. The molecule has 5 heteroatoms. The summed E-state index contributed by atoms with van der Waals surface area (Å²) in [5, 5.41) is 4.15. The van der Waals surface area contributed by atoms with Gasteiger partial charge in [-0.3, -0.25) is 0 Å². The van der Waals surface area contributed by atoms with Gasteiger partial charge in [-0.25, -0.2) is 15.0 Å². The molecule has 0 saturated carbocycles. The standard InChI is InChI=1S/C51H31N3O2/c1-4-14-32(15-5-1)33-26-28-36(29-27-33)50-52-49(35-18-8-3-9-19-35)53-51(54-50)43-24-13-23-39-38-21-12-22-40(46(38)56-47(39)43)41-31-30-37(34-16-6-2-7-17-34)45-42-20-10-11-25-44(42)55-48(41)45/h1-31H. The van der Waals surface area contributed by atoms with Gasteiger partial charge < -0.3 is 8.83 Å². The Labute approximate surface area is 322 Å². The van der Waals surface area contributed by atoms with Crippen LogP contribution in [0.3, 0.4) is 0 Å². The van der Waals surface area contributed by atoms with Crippen molar-refractivity contribution >= 4 is 43.9 Å². The highest BCUT2D eigenvalue weighted by Crippen LogP contribution is 2.45. The highest BCUT2D eigenvalue weighted by Gasteiger charge is 2.22. The fourth-order valence-electron chi connectivity index (χ4n) is 7.89. The zero-order valence-corrected chi connectivity index (χ0v) is 30.1. The summed E-state index contributed by atoms with van der Waals surface area (Å²) in [5.41, 5.74) is 12.2. The second kappa shape index (κ2) is 13.0. The first-order valence-corrected chi connectivity index (χ1v) is 18.7. The van der Waals surface area contributed by atoms with Crippen LogP contribution in [0.2, 0.25) is 0 Å². The largest absolute Gasteiger partial charge is 0.455 e. The molecule has 0 fully saturated rings. The molecule has 0 atom stereocenters. The van der Waals surface area contributed by atoms with Gasteiger partial charge in [0.25, 0.3) is 0 Å². The van der Waals surface area contributed by atoms with E-state index in [2.05, 4.69) is 121 Å². The topological polar surface area (TPSA) is 65.0 Å². The number of hydrogen-bond donors (Lipinski definition) is 0. The third-order valence-electron chi connectivity index (χ3n) is 10.6. The number of benzene rings is 8. The predicted octanol–water partition coefficient (Wildman–Crippen LogP) is 13.7. The smallest absolute Gasteiger partial charge is 0.167 e. The van der Waals surface area contributed by atoms with Crippen molar-refractivity contribution in [3.8, 4) is 67.5 Å². The summed E-state index contributed by atoms with van der Waals surface area (Å²) >= 11 is 0. The SMILES string of the molecule is c1ccc(-c2ccc(-c3nc(-c4ccccc4)nc(-c4cccc5c4oc4c(-c6ccc(-c7ccccc7)c7c6oc6ccccc67)cccc45)n3)cc2)cc1. The summed E-state index contributed by atoms with van der Waals surface area (Å²) in [6.45, 7) is 0. The Bertz CT molecular complexity index is 3220. The van der Waals surface area contributed by atoms with Gasteiger partial charge in [0, 0.05) is 43.8 Å². The number of furan rings is 2. The van der Waals surface area contributed by atoms with Crippen molar-refractivity contribution in [2.75, 3.05) is 0 Å². The summed E-state index contributed by atoms with van der Waals surface area (Å²) in [6, 6.07) is 64.4. The Kier molecular flexibility index (Phi) is 7.42. The molecule has 11 aromatic rings. The van der Waals surface area contributed by atoms with E-state index in [0.717, 1.165) is 88.4 Å². The van der Waals surface area contributed by atoms with Crippen LogP contribution in [0.4, 0.5) is 0 Å². The molecule has 0 radical (unpaired) electrons. The molecule has 3 aromatic heterocycles. The third-order valence-corrected chi connectivity index (χ3v) is 10.6. The van der Waals surface area contributed by atoms with Gasteiger partial charge in [0.2, 0.25) is 0 Å². The average Bonchev–Trinajstić information content (AvgIpc) is 3.87. The van der Waals surface area contributed by atoms with Gasteiger partial charge >= 0.3 is 0 Å². The fraction of sp³-hybridized carbons (Fsp3) is 0. The Hall–Kier alpha value is -7.63. The molecule has 0 aliphatic carbocycles. The van der Waals surface area contributed by atoms with Crippen molar-refractivity contribution < 1.29 is 8.83 Å². The van der Waals surface area contributed by atoms with Crippen molar-refractivity contribution in [2.24, 2.45) is 0 Å².